The summed E-state index contributed by atoms with van der Waals surface area (Å²) in [7, 11) is 0. The van der Waals surface area contributed by atoms with Gasteiger partial charge in [-0.3, -0.25) is 9.59 Å². The molecule has 0 aromatic heterocycles. The Morgan fingerprint density at radius 1 is 0.885 bits per heavy atom. The summed E-state index contributed by atoms with van der Waals surface area (Å²) in [5.74, 6) is -3.51. The van der Waals surface area contributed by atoms with Crippen molar-refractivity contribution in [3.05, 3.63) is 38.8 Å². The smallest absolute Gasteiger partial charge is 0.240 e. The maximum Gasteiger partial charge on any atom is 0.240 e. The van der Waals surface area contributed by atoms with Crippen LogP contribution in [0.1, 0.15) is 5.56 Å². The fourth-order valence-electron chi connectivity index (χ4n) is 4.06. The van der Waals surface area contributed by atoms with Crippen LogP contribution in [-0.2, 0) is 9.59 Å². The summed E-state index contributed by atoms with van der Waals surface area (Å²) in [5.41, 5.74) is 1.01. The number of fused-ring (bicyclic) bond motifs is 5. The molecule has 3 nitrogen and oxygen atoms in total. The van der Waals surface area contributed by atoms with Crippen LogP contribution >= 0.6 is 81.2 Å². The van der Waals surface area contributed by atoms with Gasteiger partial charge in [0.2, 0.25) is 11.8 Å². The molecule has 2 amide bonds. The number of nitrogens with zero attached hydrogens (tertiary/aromatic N) is 1. The normalized spacial score (nSPS) is 37.8. The highest BCUT2D eigenvalue weighted by molar-refractivity contribution is 6.67. The molecule has 2 fully saturated rings. The van der Waals surface area contributed by atoms with Crippen LogP contribution in [0, 0.1) is 18.8 Å². The number of hydrogen-bond acceptors (Lipinski definition) is 2. The Labute approximate surface area is 184 Å². The molecule has 138 valence electrons. The molecule has 1 saturated heterocycles. The quantitative estimate of drug-likeness (QED) is 0.377. The van der Waals surface area contributed by atoms with Gasteiger partial charge in [0.1, 0.15) is 9.75 Å². The van der Waals surface area contributed by atoms with Gasteiger partial charge in [0.05, 0.1) is 27.6 Å². The second kappa shape index (κ2) is 5.60. The number of imide groups is 1. The van der Waals surface area contributed by atoms with E-state index in [1.807, 2.05) is 0 Å². The molecule has 2 bridgehead atoms. The summed E-state index contributed by atoms with van der Waals surface area (Å²) in [6.07, 6.45) is 0. The summed E-state index contributed by atoms with van der Waals surface area (Å²) in [5, 5.41) is 0.131. The first-order valence-corrected chi connectivity index (χ1v) is 10.0. The van der Waals surface area contributed by atoms with E-state index in [0.29, 0.717) is 16.3 Å². The van der Waals surface area contributed by atoms with Crippen molar-refractivity contribution < 1.29 is 9.59 Å². The summed E-state index contributed by atoms with van der Waals surface area (Å²) in [6, 6.07) is 4.86. The summed E-state index contributed by atoms with van der Waals surface area (Å²) in [6.45, 7) is 1.74. The van der Waals surface area contributed by atoms with Crippen LogP contribution in [0.3, 0.4) is 0 Å². The van der Waals surface area contributed by atoms with Gasteiger partial charge in [-0.05, 0) is 24.6 Å². The van der Waals surface area contributed by atoms with Crippen molar-refractivity contribution in [2.75, 3.05) is 4.90 Å². The van der Waals surface area contributed by atoms with Crippen LogP contribution in [-0.4, -0.2) is 25.9 Å². The third-order valence-electron chi connectivity index (χ3n) is 5.32. The number of benzene rings is 1. The van der Waals surface area contributed by atoms with E-state index in [1.165, 1.54) is 6.07 Å². The predicted molar refractivity (Wildman–Crippen MR) is 106 cm³/mol. The van der Waals surface area contributed by atoms with Gasteiger partial charge >= 0.3 is 0 Å². The minimum atomic E-state index is -1.94. The van der Waals surface area contributed by atoms with Crippen LogP contribution in [0.5, 0.6) is 0 Å². The average molecular weight is 494 g/mol. The number of anilines is 1. The van der Waals surface area contributed by atoms with Gasteiger partial charge in [0, 0.05) is 5.02 Å². The van der Waals surface area contributed by atoms with Crippen LogP contribution in [0.25, 0.3) is 0 Å². The van der Waals surface area contributed by atoms with Crippen LogP contribution in [0.15, 0.2) is 28.3 Å². The maximum absolute atomic E-state index is 13.2. The SMILES string of the molecule is Cc1ccc(Cl)cc1N1C(=O)[C@@H]2[C@@H](C1=O)[C@@]1(Cl)C(Cl)=C(Cl)[C@@]2(Cl)C1(Cl)Cl. The molecule has 1 aromatic rings. The maximum atomic E-state index is 13.2. The Kier molecular flexibility index (Phi) is 4.19. The van der Waals surface area contributed by atoms with Crippen molar-refractivity contribution >= 4 is 98.7 Å². The van der Waals surface area contributed by atoms with Crippen molar-refractivity contribution in [2.24, 2.45) is 11.8 Å². The lowest BCUT2D eigenvalue weighted by molar-refractivity contribution is -0.123. The van der Waals surface area contributed by atoms with E-state index in [9.17, 15) is 9.59 Å². The molecular formula is C16H8Cl7NO2. The highest BCUT2D eigenvalue weighted by Crippen LogP contribution is 2.77. The monoisotopic (exact) mass is 491 g/mol. The van der Waals surface area contributed by atoms with Crippen LogP contribution in [0.4, 0.5) is 5.69 Å². The van der Waals surface area contributed by atoms with Crippen molar-refractivity contribution in [1.29, 1.82) is 0 Å². The van der Waals surface area contributed by atoms with E-state index in [-0.39, 0.29) is 10.1 Å². The molecule has 1 aromatic carbocycles. The first kappa shape index (κ1) is 19.4. The number of allylic oxidation sites excluding steroid dienone is 2. The van der Waals surface area contributed by atoms with Gasteiger partial charge < -0.3 is 0 Å². The topological polar surface area (TPSA) is 37.4 Å². The third kappa shape index (κ3) is 1.87. The number of aryl methyl sites for hydroxylation is 1. The van der Waals surface area contributed by atoms with E-state index in [4.69, 9.17) is 81.2 Å². The Bertz CT molecular complexity index is 883. The Hall–Kier alpha value is 0.130. The molecule has 10 heteroatoms. The minimum absolute atomic E-state index is 0.118. The van der Waals surface area contributed by atoms with E-state index < -0.39 is 37.7 Å². The van der Waals surface area contributed by atoms with E-state index in [1.54, 1.807) is 19.1 Å². The first-order valence-electron chi connectivity index (χ1n) is 7.38. The zero-order valence-electron chi connectivity index (χ0n) is 12.8. The minimum Gasteiger partial charge on any atom is -0.274 e. The van der Waals surface area contributed by atoms with Gasteiger partial charge in [0.15, 0.2) is 4.33 Å². The Morgan fingerprint density at radius 2 is 1.35 bits per heavy atom. The molecule has 2 aliphatic carbocycles. The zero-order chi connectivity index (χ0) is 19.4. The second-order valence-corrected chi connectivity index (χ2v) is 10.2. The average Bonchev–Trinajstić information content (AvgIpc) is 2.95. The standard InChI is InChI=1S/C16H8Cl7NO2/c1-5-2-3-6(17)4-7(5)24-12(25)8-9(13(24)26)15(21)11(19)10(18)14(8,20)16(15,22)23/h2-4,8-9H,1H3/t8-,9-,14+,15+/m0/s1. The summed E-state index contributed by atoms with van der Waals surface area (Å²) < 4.78 is -1.94. The Morgan fingerprint density at radius 3 is 1.81 bits per heavy atom. The molecule has 1 saturated carbocycles. The molecule has 0 unspecified atom stereocenters. The fourth-order valence-corrected chi connectivity index (χ4v) is 7.15. The molecule has 4 rings (SSSR count). The molecule has 0 spiro atoms. The molecule has 1 aliphatic heterocycles. The van der Waals surface area contributed by atoms with Crippen molar-refractivity contribution in [3.63, 3.8) is 0 Å². The van der Waals surface area contributed by atoms with Crippen LogP contribution < -0.4 is 4.90 Å². The lowest BCUT2D eigenvalue weighted by Gasteiger charge is -2.34. The fraction of sp³-hybridized carbons (Fsp3) is 0.375. The van der Waals surface area contributed by atoms with Gasteiger partial charge in [-0.15, -0.1) is 23.2 Å². The number of halogens is 7. The van der Waals surface area contributed by atoms with E-state index in [0.717, 1.165) is 4.90 Å². The van der Waals surface area contributed by atoms with Gasteiger partial charge in [-0.2, -0.15) is 0 Å². The summed E-state index contributed by atoms with van der Waals surface area (Å²) >= 11 is 44.7. The number of carbonyl (C=O) groups is 2. The van der Waals surface area contributed by atoms with E-state index in [2.05, 4.69) is 0 Å². The predicted octanol–water partition coefficient (Wildman–Crippen LogP) is 5.60. The van der Waals surface area contributed by atoms with Crippen LogP contribution in [0.2, 0.25) is 5.02 Å². The van der Waals surface area contributed by atoms with Gasteiger partial charge in [0.25, 0.3) is 0 Å². The molecule has 3 aliphatic rings. The molecule has 0 radical (unpaired) electrons. The van der Waals surface area contributed by atoms with Gasteiger partial charge in [-0.1, -0.05) is 64.1 Å². The number of alkyl halides is 4. The van der Waals surface area contributed by atoms with E-state index >= 15 is 0 Å². The zero-order valence-corrected chi connectivity index (χ0v) is 18.1. The van der Waals surface area contributed by atoms with Gasteiger partial charge in [-0.25, -0.2) is 4.90 Å². The highest BCUT2D eigenvalue weighted by atomic mass is 35.5. The first-order chi connectivity index (χ1) is 11.9. The molecular weight excluding hydrogens is 486 g/mol. The molecule has 1 heterocycles. The lowest BCUT2D eigenvalue weighted by atomic mass is 9.84. The largest absolute Gasteiger partial charge is 0.274 e. The highest BCUT2D eigenvalue weighted by Gasteiger charge is 2.87. The third-order valence-corrected chi connectivity index (χ3v) is 9.81. The number of rotatable bonds is 1. The summed E-state index contributed by atoms with van der Waals surface area (Å²) in [4.78, 5) is 23.8. The van der Waals surface area contributed by atoms with Crippen molar-refractivity contribution in [1.82, 2.24) is 0 Å². The molecule has 26 heavy (non-hydrogen) atoms. The number of hydrogen-bond donors (Lipinski definition) is 0. The molecule has 4 atom stereocenters. The van der Waals surface area contributed by atoms with Crippen molar-refractivity contribution in [3.8, 4) is 0 Å². The number of amides is 2. The second-order valence-electron chi connectivity index (χ2n) is 6.52. The van der Waals surface area contributed by atoms with Crippen molar-refractivity contribution in [2.45, 2.75) is 21.0 Å². The molecule has 0 N–H and O–H groups in total. The lowest BCUT2D eigenvalue weighted by Crippen LogP contribution is -2.50. The number of carbonyl (C=O) groups excluding carboxylic acids is 2. The Balaban J connectivity index is 1.94.